The number of amides is 1. The number of phenols is 1. The molecule has 1 aliphatic rings. The molecule has 2 N–H and O–H groups in total. The number of ether oxygens (including phenoxy) is 1. The first-order chi connectivity index (χ1) is 9.10. The Morgan fingerprint density at radius 3 is 2.74 bits per heavy atom. The van der Waals surface area contributed by atoms with Gasteiger partial charge in [-0.25, -0.2) is 0 Å². The monoisotopic (exact) mass is 260 g/mol. The van der Waals surface area contributed by atoms with Crippen LogP contribution in [-0.2, 0) is 0 Å². The van der Waals surface area contributed by atoms with Crippen molar-refractivity contribution >= 4 is 5.91 Å². The van der Waals surface area contributed by atoms with Crippen molar-refractivity contribution in [2.24, 2.45) is 0 Å². The van der Waals surface area contributed by atoms with Crippen LogP contribution in [-0.4, -0.2) is 23.7 Å². The fourth-order valence-corrected chi connectivity index (χ4v) is 2.35. The van der Waals surface area contributed by atoms with Crippen molar-refractivity contribution in [1.29, 1.82) is 5.26 Å². The third-order valence-corrected chi connectivity index (χ3v) is 3.47. The molecule has 0 heterocycles. The number of nitrogens with zero attached hydrogens (tertiary/aromatic N) is 1. The quantitative estimate of drug-likeness (QED) is 0.870. The molecule has 1 amide bonds. The summed E-state index contributed by atoms with van der Waals surface area (Å²) in [6.07, 6.45) is 3.16. The number of aromatic hydroxyl groups is 1. The average molecular weight is 260 g/mol. The molecule has 1 aromatic carbocycles. The van der Waals surface area contributed by atoms with E-state index in [9.17, 15) is 15.2 Å². The van der Waals surface area contributed by atoms with Gasteiger partial charge < -0.3 is 15.2 Å². The first-order valence-corrected chi connectivity index (χ1v) is 6.21. The molecule has 100 valence electrons. The highest BCUT2D eigenvalue weighted by Crippen LogP contribution is 2.30. The molecule has 0 unspecified atom stereocenters. The largest absolute Gasteiger partial charge is 0.507 e. The molecule has 1 aliphatic carbocycles. The van der Waals surface area contributed by atoms with Gasteiger partial charge in [-0.15, -0.1) is 0 Å². The van der Waals surface area contributed by atoms with Gasteiger partial charge in [-0.05, 0) is 43.9 Å². The fourth-order valence-electron chi connectivity index (χ4n) is 2.35. The molecule has 5 heteroatoms. The molecule has 5 nitrogen and oxygen atoms in total. The van der Waals surface area contributed by atoms with Crippen LogP contribution < -0.4 is 10.1 Å². The number of methoxy groups -OCH3 is 1. The van der Waals surface area contributed by atoms with E-state index < -0.39 is 11.4 Å². The van der Waals surface area contributed by atoms with Gasteiger partial charge in [0.05, 0.1) is 18.7 Å². The molecule has 0 radical (unpaired) electrons. The predicted octanol–water partition coefficient (Wildman–Crippen LogP) is 1.97. The second-order valence-corrected chi connectivity index (χ2v) is 4.74. The number of carbonyl (C=O) groups is 1. The predicted molar refractivity (Wildman–Crippen MR) is 68.9 cm³/mol. The highest BCUT2D eigenvalue weighted by atomic mass is 16.5. The minimum absolute atomic E-state index is 0.121. The van der Waals surface area contributed by atoms with Gasteiger partial charge in [-0.1, -0.05) is 0 Å². The van der Waals surface area contributed by atoms with Crippen LogP contribution in [0, 0.1) is 11.3 Å². The molecular weight excluding hydrogens is 244 g/mol. The van der Waals surface area contributed by atoms with Crippen LogP contribution in [0.3, 0.4) is 0 Å². The van der Waals surface area contributed by atoms with E-state index >= 15 is 0 Å². The second-order valence-electron chi connectivity index (χ2n) is 4.74. The zero-order valence-corrected chi connectivity index (χ0v) is 10.8. The number of benzene rings is 1. The van der Waals surface area contributed by atoms with Crippen LogP contribution in [0.4, 0.5) is 0 Å². The van der Waals surface area contributed by atoms with Crippen LogP contribution in [0.2, 0.25) is 0 Å². The number of hydrogen-bond donors (Lipinski definition) is 2. The Labute approximate surface area is 111 Å². The van der Waals surface area contributed by atoms with Crippen molar-refractivity contribution in [2.75, 3.05) is 7.11 Å². The fraction of sp³-hybridized carbons (Fsp3) is 0.429. The van der Waals surface area contributed by atoms with Gasteiger partial charge in [0.1, 0.15) is 17.0 Å². The minimum Gasteiger partial charge on any atom is -0.507 e. The average Bonchev–Trinajstić information content (AvgIpc) is 2.88. The summed E-state index contributed by atoms with van der Waals surface area (Å²) in [4.78, 5) is 12.2. The van der Waals surface area contributed by atoms with Gasteiger partial charge in [-0.3, -0.25) is 4.79 Å². The second kappa shape index (κ2) is 5.19. The van der Waals surface area contributed by atoms with Crippen molar-refractivity contribution in [1.82, 2.24) is 5.32 Å². The standard InChI is InChI=1S/C14H16N2O3/c1-19-10-4-5-12(17)11(8-10)13(18)16-14(9-15)6-2-3-7-14/h4-5,8,17H,2-3,6-7H2,1H3,(H,16,18). The molecule has 0 aromatic heterocycles. The normalized spacial score (nSPS) is 16.6. The lowest BCUT2D eigenvalue weighted by molar-refractivity contribution is 0.0917. The van der Waals surface area contributed by atoms with Crippen LogP contribution in [0.15, 0.2) is 18.2 Å². The van der Waals surface area contributed by atoms with E-state index in [1.807, 2.05) is 0 Å². The van der Waals surface area contributed by atoms with Crippen molar-refractivity contribution in [2.45, 2.75) is 31.2 Å². The third-order valence-electron chi connectivity index (χ3n) is 3.47. The summed E-state index contributed by atoms with van der Waals surface area (Å²) >= 11 is 0. The lowest BCUT2D eigenvalue weighted by atomic mass is 9.99. The first kappa shape index (κ1) is 13.2. The summed E-state index contributed by atoms with van der Waals surface area (Å²) in [6.45, 7) is 0. The van der Waals surface area contributed by atoms with Crippen molar-refractivity contribution < 1.29 is 14.6 Å². The first-order valence-electron chi connectivity index (χ1n) is 6.21. The number of nitriles is 1. The number of phenolic OH excluding ortho intramolecular Hbond substituents is 1. The van der Waals surface area contributed by atoms with E-state index in [1.165, 1.54) is 19.2 Å². The third kappa shape index (κ3) is 2.63. The lowest BCUT2D eigenvalue weighted by Crippen LogP contribution is -2.45. The van der Waals surface area contributed by atoms with Gasteiger partial charge in [0.2, 0.25) is 0 Å². The molecule has 1 saturated carbocycles. The Balaban J connectivity index is 2.22. The molecule has 0 atom stereocenters. The molecule has 1 fully saturated rings. The van der Waals surface area contributed by atoms with Gasteiger partial charge in [0.15, 0.2) is 0 Å². The number of hydrogen-bond acceptors (Lipinski definition) is 4. The summed E-state index contributed by atoms with van der Waals surface area (Å²) in [5.41, 5.74) is -0.673. The highest BCUT2D eigenvalue weighted by Gasteiger charge is 2.36. The van der Waals surface area contributed by atoms with Crippen molar-refractivity contribution in [3.05, 3.63) is 23.8 Å². The summed E-state index contributed by atoms with van der Waals surface area (Å²) in [5.74, 6) is -0.0791. The van der Waals surface area contributed by atoms with Crippen LogP contribution in [0.25, 0.3) is 0 Å². The summed E-state index contributed by atoms with van der Waals surface area (Å²) in [7, 11) is 1.49. The molecular formula is C14H16N2O3. The molecule has 1 aromatic rings. The maximum atomic E-state index is 12.2. The van der Waals surface area contributed by atoms with Gasteiger partial charge in [0, 0.05) is 0 Å². The lowest BCUT2D eigenvalue weighted by Gasteiger charge is -2.22. The Morgan fingerprint density at radius 2 is 2.16 bits per heavy atom. The minimum atomic E-state index is -0.799. The Bertz CT molecular complexity index is 528. The summed E-state index contributed by atoms with van der Waals surface area (Å²) in [6, 6.07) is 6.62. The number of rotatable bonds is 3. The maximum Gasteiger partial charge on any atom is 0.256 e. The zero-order chi connectivity index (χ0) is 13.9. The smallest absolute Gasteiger partial charge is 0.256 e. The maximum absolute atomic E-state index is 12.2. The Hall–Kier alpha value is -2.22. The molecule has 0 bridgehead atoms. The van der Waals surface area contributed by atoms with Crippen LogP contribution in [0.5, 0.6) is 11.5 Å². The molecule has 19 heavy (non-hydrogen) atoms. The van der Waals surface area contributed by atoms with Gasteiger partial charge in [0.25, 0.3) is 5.91 Å². The highest BCUT2D eigenvalue weighted by molar-refractivity contribution is 5.97. The molecule has 2 rings (SSSR count). The molecule has 0 aliphatic heterocycles. The Kier molecular flexibility index (Phi) is 3.61. The van der Waals surface area contributed by atoms with E-state index in [0.717, 1.165) is 12.8 Å². The van der Waals surface area contributed by atoms with E-state index in [2.05, 4.69) is 11.4 Å². The van der Waals surface area contributed by atoms with E-state index in [-0.39, 0.29) is 11.3 Å². The van der Waals surface area contributed by atoms with E-state index in [0.29, 0.717) is 18.6 Å². The van der Waals surface area contributed by atoms with Crippen LogP contribution in [0.1, 0.15) is 36.0 Å². The molecule has 0 spiro atoms. The van der Waals surface area contributed by atoms with E-state index in [1.54, 1.807) is 6.07 Å². The number of carbonyl (C=O) groups excluding carboxylic acids is 1. The summed E-state index contributed by atoms with van der Waals surface area (Å²) < 4.78 is 5.03. The SMILES string of the molecule is COc1ccc(O)c(C(=O)NC2(C#N)CCCC2)c1. The number of nitrogens with one attached hydrogen (secondary N) is 1. The summed E-state index contributed by atoms with van der Waals surface area (Å²) in [5, 5.41) is 21.7. The Morgan fingerprint density at radius 1 is 1.47 bits per heavy atom. The topological polar surface area (TPSA) is 82.3 Å². The zero-order valence-electron chi connectivity index (χ0n) is 10.8. The van der Waals surface area contributed by atoms with Crippen LogP contribution >= 0.6 is 0 Å². The van der Waals surface area contributed by atoms with Crippen molar-refractivity contribution in [3.8, 4) is 17.6 Å². The van der Waals surface area contributed by atoms with E-state index in [4.69, 9.17) is 4.74 Å². The van der Waals surface area contributed by atoms with Crippen molar-refractivity contribution in [3.63, 3.8) is 0 Å². The van der Waals surface area contributed by atoms with Gasteiger partial charge in [-0.2, -0.15) is 5.26 Å². The van der Waals surface area contributed by atoms with Gasteiger partial charge >= 0.3 is 0 Å². The molecule has 0 saturated heterocycles.